The first-order chi connectivity index (χ1) is 9.93. The van der Waals surface area contributed by atoms with Gasteiger partial charge in [0.1, 0.15) is 6.04 Å². The number of ether oxygens (including phenoxy) is 1. The van der Waals surface area contributed by atoms with Gasteiger partial charge in [0.25, 0.3) is 5.91 Å². The van der Waals surface area contributed by atoms with Crippen molar-refractivity contribution >= 4 is 27.8 Å². The fourth-order valence-corrected chi connectivity index (χ4v) is 1.97. The summed E-state index contributed by atoms with van der Waals surface area (Å²) in [4.78, 5) is 22.6. The molecule has 0 fully saturated rings. The molecule has 21 heavy (non-hydrogen) atoms. The molecule has 1 rings (SSSR count). The lowest BCUT2D eigenvalue weighted by Gasteiger charge is -2.14. The minimum absolute atomic E-state index is 0.0613. The summed E-state index contributed by atoms with van der Waals surface area (Å²) in [6.45, 7) is 1.49. The fraction of sp³-hybridized carbons (Fsp3) is 0.429. The first-order valence-electron chi connectivity index (χ1n) is 6.54. The van der Waals surface area contributed by atoms with Crippen molar-refractivity contribution in [1.29, 1.82) is 0 Å². The topological polar surface area (TPSA) is 75.6 Å². The zero-order chi connectivity index (χ0) is 15.8. The van der Waals surface area contributed by atoms with Crippen molar-refractivity contribution in [2.24, 2.45) is 0 Å². The van der Waals surface area contributed by atoms with Crippen LogP contribution >= 0.6 is 15.9 Å². The third-order valence-electron chi connectivity index (χ3n) is 2.73. The van der Waals surface area contributed by atoms with Crippen LogP contribution in [-0.2, 0) is 9.59 Å². The van der Waals surface area contributed by atoms with E-state index in [-0.39, 0.29) is 5.75 Å². The smallest absolute Gasteiger partial charge is 0.326 e. The van der Waals surface area contributed by atoms with Gasteiger partial charge in [-0.1, -0.05) is 35.7 Å². The summed E-state index contributed by atoms with van der Waals surface area (Å²) in [5.74, 6) is -2.35. The zero-order valence-corrected chi connectivity index (χ0v) is 13.2. The maximum atomic E-state index is 13.5. The average Bonchev–Trinajstić information content (AvgIpc) is 2.42. The Hall–Kier alpha value is -1.63. The van der Waals surface area contributed by atoms with Gasteiger partial charge in [-0.05, 0) is 24.6 Å². The summed E-state index contributed by atoms with van der Waals surface area (Å²) >= 11 is 3.11. The highest BCUT2D eigenvalue weighted by Gasteiger charge is 2.19. The molecule has 116 valence electrons. The largest absolute Gasteiger partial charge is 0.481 e. The number of benzene rings is 1. The van der Waals surface area contributed by atoms with Crippen LogP contribution in [0.1, 0.15) is 26.2 Å². The maximum Gasteiger partial charge on any atom is 0.326 e. The van der Waals surface area contributed by atoms with Gasteiger partial charge in [0.05, 0.1) is 0 Å². The third kappa shape index (κ3) is 6.12. The Balaban J connectivity index is 2.50. The molecule has 0 spiro atoms. The highest BCUT2D eigenvalue weighted by Crippen LogP contribution is 2.21. The number of hydrogen-bond acceptors (Lipinski definition) is 3. The van der Waals surface area contributed by atoms with E-state index in [0.717, 1.165) is 6.42 Å². The molecule has 1 aromatic carbocycles. The van der Waals surface area contributed by atoms with Gasteiger partial charge in [-0.2, -0.15) is 0 Å². The molecule has 5 nitrogen and oxygen atoms in total. The van der Waals surface area contributed by atoms with E-state index in [9.17, 15) is 14.0 Å². The minimum atomic E-state index is -1.09. The van der Waals surface area contributed by atoms with E-state index in [4.69, 9.17) is 9.84 Å². The molecule has 7 heteroatoms. The van der Waals surface area contributed by atoms with Crippen LogP contribution in [0.2, 0.25) is 0 Å². The fourth-order valence-electron chi connectivity index (χ4n) is 1.64. The number of aliphatic carboxylic acids is 1. The molecule has 0 aromatic heterocycles. The normalized spacial score (nSPS) is 11.8. The van der Waals surface area contributed by atoms with Crippen LogP contribution in [0, 0.1) is 5.82 Å². The first-order valence-corrected chi connectivity index (χ1v) is 7.33. The number of unbranched alkanes of at least 4 members (excludes halogenated alkanes) is 1. The van der Waals surface area contributed by atoms with E-state index in [1.54, 1.807) is 6.07 Å². The van der Waals surface area contributed by atoms with E-state index in [2.05, 4.69) is 21.2 Å². The first kappa shape index (κ1) is 17.4. The Morgan fingerprint density at radius 1 is 1.48 bits per heavy atom. The summed E-state index contributed by atoms with van der Waals surface area (Å²) < 4.78 is 19.1. The lowest BCUT2D eigenvalue weighted by atomic mass is 10.1. The molecule has 0 radical (unpaired) electrons. The SMILES string of the molecule is CCCCC(NC(=O)COc1ccc(Br)cc1F)C(=O)O. The Labute approximate surface area is 130 Å². The van der Waals surface area contributed by atoms with E-state index in [1.165, 1.54) is 12.1 Å². The highest BCUT2D eigenvalue weighted by atomic mass is 79.9. The molecule has 0 saturated carbocycles. The molecule has 1 atom stereocenters. The van der Waals surface area contributed by atoms with Crippen molar-refractivity contribution in [3.63, 3.8) is 0 Å². The van der Waals surface area contributed by atoms with Gasteiger partial charge in [0, 0.05) is 4.47 Å². The maximum absolute atomic E-state index is 13.5. The average molecular weight is 362 g/mol. The summed E-state index contributed by atoms with van der Waals surface area (Å²) in [5, 5.41) is 11.3. The van der Waals surface area contributed by atoms with Gasteiger partial charge in [-0.3, -0.25) is 4.79 Å². The molecule has 1 unspecified atom stereocenters. The van der Waals surface area contributed by atoms with Crippen molar-refractivity contribution < 1.29 is 23.8 Å². The molecule has 1 aromatic rings. The lowest BCUT2D eigenvalue weighted by molar-refractivity contribution is -0.142. The van der Waals surface area contributed by atoms with E-state index in [1.807, 2.05) is 6.92 Å². The van der Waals surface area contributed by atoms with Gasteiger partial charge in [-0.15, -0.1) is 0 Å². The van der Waals surface area contributed by atoms with Gasteiger partial charge in [-0.25, -0.2) is 9.18 Å². The van der Waals surface area contributed by atoms with Crippen LogP contribution < -0.4 is 10.1 Å². The molecule has 0 aliphatic carbocycles. The van der Waals surface area contributed by atoms with Crippen molar-refractivity contribution in [1.82, 2.24) is 5.32 Å². The second-order valence-electron chi connectivity index (χ2n) is 4.46. The summed E-state index contributed by atoms with van der Waals surface area (Å²) in [7, 11) is 0. The number of halogens is 2. The molecule has 0 heterocycles. The molecule has 0 aliphatic heterocycles. The van der Waals surface area contributed by atoms with E-state index >= 15 is 0 Å². The van der Waals surface area contributed by atoms with E-state index < -0.39 is 30.3 Å². The van der Waals surface area contributed by atoms with Crippen molar-refractivity contribution in [3.05, 3.63) is 28.5 Å². The minimum Gasteiger partial charge on any atom is -0.481 e. The molecule has 1 amide bonds. The number of carboxylic acids is 1. The quantitative estimate of drug-likeness (QED) is 0.746. The van der Waals surface area contributed by atoms with Crippen molar-refractivity contribution in [2.45, 2.75) is 32.2 Å². The number of carbonyl (C=O) groups is 2. The van der Waals surface area contributed by atoms with Gasteiger partial charge >= 0.3 is 5.97 Å². The predicted molar refractivity (Wildman–Crippen MR) is 78.7 cm³/mol. The van der Waals surface area contributed by atoms with Crippen LogP contribution in [0.15, 0.2) is 22.7 Å². The number of nitrogens with one attached hydrogen (secondary N) is 1. The number of carbonyl (C=O) groups excluding carboxylic acids is 1. The third-order valence-corrected chi connectivity index (χ3v) is 3.23. The zero-order valence-electron chi connectivity index (χ0n) is 11.6. The Bertz CT molecular complexity index is 510. The van der Waals surface area contributed by atoms with Crippen LogP contribution in [0.5, 0.6) is 5.75 Å². The van der Waals surface area contributed by atoms with Crippen molar-refractivity contribution in [2.75, 3.05) is 6.61 Å². The molecule has 0 saturated heterocycles. The molecule has 0 aliphatic rings. The van der Waals surface area contributed by atoms with Crippen LogP contribution in [0.4, 0.5) is 4.39 Å². The number of rotatable bonds is 8. The number of hydrogen-bond donors (Lipinski definition) is 2. The molecular weight excluding hydrogens is 345 g/mol. The van der Waals surface area contributed by atoms with Crippen molar-refractivity contribution in [3.8, 4) is 5.75 Å². The van der Waals surface area contributed by atoms with Crippen LogP contribution in [0.3, 0.4) is 0 Å². The monoisotopic (exact) mass is 361 g/mol. The Morgan fingerprint density at radius 3 is 2.76 bits per heavy atom. The second kappa shape index (κ2) is 8.61. The standard InChI is InChI=1S/C14H17BrFNO4/c1-2-3-4-11(14(19)20)17-13(18)8-21-12-6-5-9(15)7-10(12)16/h5-7,11H,2-4,8H2,1H3,(H,17,18)(H,19,20). The van der Waals surface area contributed by atoms with E-state index in [0.29, 0.717) is 17.3 Å². The van der Waals surface area contributed by atoms with Gasteiger partial charge in [0.15, 0.2) is 18.2 Å². The highest BCUT2D eigenvalue weighted by molar-refractivity contribution is 9.10. The number of amides is 1. The molecule has 2 N–H and O–H groups in total. The Morgan fingerprint density at radius 2 is 2.19 bits per heavy atom. The molecule has 0 bridgehead atoms. The predicted octanol–water partition coefficient (Wildman–Crippen LogP) is 2.73. The van der Waals surface area contributed by atoms with Gasteiger partial charge in [0.2, 0.25) is 0 Å². The number of carboxylic acid groups (broad SMARTS) is 1. The summed E-state index contributed by atoms with van der Waals surface area (Å²) in [6.07, 6.45) is 1.88. The lowest BCUT2D eigenvalue weighted by Crippen LogP contribution is -2.42. The molecular formula is C14H17BrFNO4. The second-order valence-corrected chi connectivity index (χ2v) is 5.38. The van der Waals surface area contributed by atoms with Crippen LogP contribution in [0.25, 0.3) is 0 Å². The Kier molecular flexibility index (Phi) is 7.14. The van der Waals surface area contributed by atoms with Gasteiger partial charge < -0.3 is 15.2 Å². The van der Waals surface area contributed by atoms with Crippen LogP contribution in [-0.4, -0.2) is 29.6 Å². The summed E-state index contributed by atoms with van der Waals surface area (Å²) in [6, 6.07) is 3.24. The summed E-state index contributed by atoms with van der Waals surface area (Å²) in [5.41, 5.74) is 0.